The Morgan fingerprint density at radius 3 is 2.64 bits per heavy atom. The summed E-state index contributed by atoms with van der Waals surface area (Å²) in [6.07, 6.45) is 2.01. The number of likely N-dealkylation sites (tertiary alicyclic amines) is 1. The molecule has 0 unspecified atom stereocenters. The van der Waals surface area contributed by atoms with Crippen LogP contribution in [0.2, 0.25) is 0 Å². The van der Waals surface area contributed by atoms with Crippen molar-refractivity contribution in [1.82, 2.24) is 14.7 Å². The topological polar surface area (TPSA) is 51.3 Å². The lowest BCUT2D eigenvalue weighted by Gasteiger charge is -2.31. The molecular weight excluding hydrogens is 314 g/mol. The van der Waals surface area contributed by atoms with Gasteiger partial charge < -0.3 is 9.32 Å². The van der Waals surface area contributed by atoms with Crippen LogP contribution in [0.15, 0.2) is 40.8 Å². The Balaban J connectivity index is 1.39. The predicted molar refractivity (Wildman–Crippen MR) is 96.5 cm³/mol. The van der Waals surface area contributed by atoms with E-state index >= 15 is 0 Å². The summed E-state index contributed by atoms with van der Waals surface area (Å²) >= 11 is 0. The highest BCUT2D eigenvalue weighted by molar-refractivity contribution is 5.96. The first-order chi connectivity index (χ1) is 12.1. The van der Waals surface area contributed by atoms with E-state index in [4.69, 9.17) is 4.42 Å². The van der Waals surface area contributed by atoms with Crippen LogP contribution in [0.3, 0.4) is 0 Å². The third-order valence-electron chi connectivity index (χ3n) is 5.07. The number of aromatic nitrogens is 2. The van der Waals surface area contributed by atoms with Gasteiger partial charge >= 0.3 is 0 Å². The summed E-state index contributed by atoms with van der Waals surface area (Å²) in [6.45, 7) is 6.62. The minimum Gasteiger partial charge on any atom is -0.451 e. The Morgan fingerprint density at radius 2 is 1.96 bits per heavy atom. The van der Waals surface area contributed by atoms with Gasteiger partial charge in [-0.05, 0) is 50.8 Å². The zero-order chi connectivity index (χ0) is 17.4. The zero-order valence-corrected chi connectivity index (χ0v) is 14.7. The van der Waals surface area contributed by atoms with E-state index < -0.39 is 0 Å². The minimum atomic E-state index is 0.000708. The molecule has 25 heavy (non-hydrogen) atoms. The number of rotatable bonds is 3. The van der Waals surface area contributed by atoms with Crippen molar-refractivity contribution < 1.29 is 9.21 Å². The molecule has 4 rings (SSSR count). The van der Waals surface area contributed by atoms with E-state index in [1.807, 2.05) is 42.2 Å². The summed E-state index contributed by atoms with van der Waals surface area (Å²) in [5, 5.41) is 5.53. The average Bonchev–Trinajstić information content (AvgIpc) is 3.18. The van der Waals surface area contributed by atoms with Crippen LogP contribution in [0.1, 0.15) is 34.8 Å². The number of furan rings is 1. The first kappa shape index (κ1) is 15.9. The summed E-state index contributed by atoms with van der Waals surface area (Å²) in [5.41, 5.74) is 3.04. The van der Waals surface area contributed by atoms with E-state index in [0.29, 0.717) is 11.7 Å². The molecule has 5 nitrogen and oxygen atoms in total. The van der Waals surface area contributed by atoms with E-state index in [9.17, 15) is 4.79 Å². The third-order valence-corrected chi connectivity index (χ3v) is 5.07. The van der Waals surface area contributed by atoms with E-state index in [0.717, 1.165) is 49.1 Å². The maximum Gasteiger partial charge on any atom is 0.289 e. The molecule has 0 N–H and O–H groups in total. The molecule has 0 radical (unpaired) electrons. The molecule has 1 aliphatic heterocycles. The number of carbonyl (C=O) groups is 1. The molecule has 3 heterocycles. The minimum absolute atomic E-state index is 0.000708. The van der Waals surface area contributed by atoms with Crippen LogP contribution in [0.4, 0.5) is 0 Å². The number of amides is 1. The molecule has 0 atom stereocenters. The number of nitrogens with zero attached hydrogens (tertiary/aromatic N) is 3. The van der Waals surface area contributed by atoms with Gasteiger partial charge in [0.2, 0.25) is 0 Å². The summed E-state index contributed by atoms with van der Waals surface area (Å²) in [6, 6.07) is 11.7. The fraction of sp³-hybridized carbons (Fsp3) is 0.400. The van der Waals surface area contributed by atoms with Crippen molar-refractivity contribution in [1.29, 1.82) is 0 Å². The van der Waals surface area contributed by atoms with Crippen LogP contribution >= 0.6 is 0 Å². The molecule has 0 aliphatic carbocycles. The molecule has 0 spiro atoms. The highest BCUT2D eigenvalue weighted by atomic mass is 16.3. The van der Waals surface area contributed by atoms with Gasteiger partial charge in [-0.3, -0.25) is 9.48 Å². The van der Waals surface area contributed by atoms with Crippen LogP contribution in [0.5, 0.6) is 0 Å². The van der Waals surface area contributed by atoms with Gasteiger partial charge in [0, 0.05) is 30.7 Å². The van der Waals surface area contributed by atoms with Crippen molar-refractivity contribution in [2.24, 2.45) is 5.92 Å². The Morgan fingerprint density at radius 1 is 1.20 bits per heavy atom. The highest BCUT2D eigenvalue weighted by Gasteiger charge is 2.26. The lowest BCUT2D eigenvalue weighted by Crippen LogP contribution is -2.39. The van der Waals surface area contributed by atoms with Crippen molar-refractivity contribution in [3.63, 3.8) is 0 Å². The van der Waals surface area contributed by atoms with Gasteiger partial charge in [0.15, 0.2) is 5.76 Å². The first-order valence-corrected chi connectivity index (χ1v) is 8.89. The summed E-state index contributed by atoms with van der Waals surface area (Å²) in [5.74, 6) is 1.01. The Kier molecular flexibility index (Phi) is 4.07. The number of para-hydroxylation sites is 1. The zero-order valence-electron chi connectivity index (χ0n) is 14.7. The second kappa shape index (κ2) is 6.39. The lowest BCUT2D eigenvalue weighted by atomic mass is 9.96. The van der Waals surface area contributed by atoms with Crippen LogP contribution in [-0.4, -0.2) is 33.7 Å². The van der Waals surface area contributed by atoms with Gasteiger partial charge in [0.25, 0.3) is 5.91 Å². The number of fused-ring (bicyclic) bond motifs is 1. The van der Waals surface area contributed by atoms with Gasteiger partial charge in [-0.15, -0.1) is 0 Å². The maximum atomic E-state index is 12.7. The number of piperidine rings is 1. The average molecular weight is 337 g/mol. The smallest absolute Gasteiger partial charge is 0.289 e. The molecule has 3 aromatic rings. The maximum absolute atomic E-state index is 12.7. The number of benzene rings is 1. The molecule has 1 saturated heterocycles. The molecule has 0 bridgehead atoms. The van der Waals surface area contributed by atoms with Crippen LogP contribution in [-0.2, 0) is 6.54 Å². The highest BCUT2D eigenvalue weighted by Crippen LogP contribution is 2.24. The fourth-order valence-electron chi connectivity index (χ4n) is 3.67. The molecule has 5 heteroatoms. The largest absolute Gasteiger partial charge is 0.451 e. The molecular formula is C20H23N3O2. The van der Waals surface area contributed by atoms with Crippen molar-refractivity contribution >= 4 is 16.9 Å². The van der Waals surface area contributed by atoms with Crippen LogP contribution in [0, 0.1) is 19.8 Å². The molecule has 1 aliphatic rings. The van der Waals surface area contributed by atoms with Gasteiger partial charge in [-0.25, -0.2) is 0 Å². The Labute approximate surface area is 147 Å². The normalized spacial score (nSPS) is 15.8. The number of aryl methyl sites for hydroxylation is 2. The monoisotopic (exact) mass is 337 g/mol. The molecule has 2 aromatic heterocycles. The number of carbonyl (C=O) groups excluding carboxylic acids is 1. The van der Waals surface area contributed by atoms with E-state index in [1.54, 1.807) is 0 Å². The van der Waals surface area contributed by atoms with Crippen molar-refractivity contribution in [2.75, 3.05) is 13.1 Å². The standard InChI is InChI=1S/C20H23N3O2/c1-14-11-15(2)23(21-14)13-16-7-9-22(10-8-16)20(24)19-12-17-5-3-4-6-18(17)25-19/h3-6,11-12,16H,7-10,13H2,1-2H3. The lowest BCUT2D eigenvalue weighted by molar-refractivity contribution is 0.0651. The second-order valence-corrected chi connectivity index (χ2v) is 6.99. The second-order valence-electron chi connectivity index (χ2n) is 6.99. The number of hydrogen-bond donors (Lipinski definition) is 0. The van der Waals surface area contributed by atoms with Crippen LogP contribution < -0.4 is 0 Å². The molecule has 1 aromatic carbocycles. The SMILES string of the molecule is Cc1cc(C)n(CC2CCN(C(=O)c3cc4ccccc4o3)CC2)n1. The van der Waals surface area contributed by atoms with E-state index in [1.165, 1.54) is 5.69 Å². The van der Waals surface area contributed by atoms with Crippen molar-refractivity contribution in [2.45, 2.75) is 33.2 Å². The van der Waals surface area contributed by atoms with Gasteiger partial charge in [0.1, 0.15) is 5.58 Å². The first-order valence-electron chi connectivity index (χ1n) is 8.89. The van der Waals surface area contributed by atoms with E-state index in [2.05, 4.69) is 22.8 Å². The Hall–Kier alpha value is -2.56. The molecule has 130 valence electrons. The molecule has 1 amide bonds. The fourth-order valence-corrected chi connectivity index (χ4v) is 3.67. The van der Waals surface area contributed by atoms with Crippen LogP contribution in [0.25, 0.3) is 11.0 Å². The van der Waals surface area contributed by atoms with Crippen molar-refractivity contribution in [3.8, 4) is 0 Å². The quantitative estimate of drug-likeness (QED) is 0.730. The summed E-state index contributed by atoms with van der Waals surface area (Å²) in [7, 11) is 0. The summed E-state index contributed by atoms with van der Waals surface area (Å²) in [4.78, 5) is 14.6. The third kappa shape index (κ3) is 3.18. The molecule has 0 saturated carbocycles. The summed E-state index contributed by atoms with van der Waals surface area (Å²) < 4.78 is 7.81. The van der Waals surface area contributed by atoms with Gasteiger partial charge in [-0.2, -0.15) is 5.10 Å². The van der Waals surface area contributed by atoms with E-state index in [-0.39, 0.29) is 5.91 Å². The molecule has 1 fully saturated rings. The van der Waals surface area contributed by atoms with Gasteiger partial charge in [0.05, 0.1) is 5.69 Å². The van der Waals surface area contributed by atoms with Gasteiger partial charge in [-0.1, -0.05) is 18.2 Å². The predicted octanol–water partition coefficient (Wildman–Crippen LogP) is 3.80. The van der Waals surface area contributed by atoms with Crippen molar-refractivity contribution in [3.05, 3.63) is 53.5 Å². The Bertz CT molecular complexity index is 868. The number of hydrogen-bond acceptors (Lipinski definition) is 3.